The number of hydrazone groups is 1. The fourth-order valence-corrected chi connectivity index (χ4v) is 2.02. The lowest BCUT2D eigenvalue weighted by Crippen LogP contribution is -2.24. The maximum Gasteiger partial charge on any atom is 0.352 e. The Morgan fingerprint density at radius 1 is 1.00 bits per heavy atom. The Balaban J connectivity index is 2.22. The van der Waals surface area contributed by atoms with E-state index in [1.54, 1.807) is 24.3 Å². The fraction of sp³-hybridized carbons (Fsp3) is 0.125. The summed E-state index contributed by atoms with van der Waals surface area (Å²) >= 11 is 0. The van der Waals surface area contributed by atoms with Crippen molar-refractivity contribution in [3.05, 3.63) is 42.0 Å². The third kappa shape index (κ3) is 4.07. The summed E-state index contributed by atoms with van der Waals surface area (Å²) in [5, 5.41) is 32.3. The topological polar surface area (TPSA) is 136 Å². The first-order valence-corrected chi connectivity index (χ1v) is 6.92. The van der Waals surface area contributed by atoms with Gasteiger partial charge in [-0.25, -0.2) is 10.2 Å². The number of aliphatic carboxylic acids is 2. The lowest BCUT2D eigenvalue weighted by molar-refractivity contribution is -0.136. The van der Waals surface area contributed by atoms with Crippen LogP contribution in [0.1, 0.15) is 23.2 Å². The molecule has 24 heavy (non-hydrogen) atoms. The highest BCUT2D eigenvalue weighted by molar-refractivity contribution is 6.35. The maximum absolute atomic E-state index is 12.1. The monoisotopic (exact) mass is 330 g/mol. The number of carbonyl (C=O) groups is 3. The van der Waals surface area contributed by atoms with Crippen molar-refractivity contribution in [3.8, 4) is 5.75 Å². The first-order chi connectivity index (χ1) is 11.4. The van der Waals surface area contributed by atoms with Crippen molar-refractivity contribution in [3.63, 3.8) is 0 Å². The SMILES string of the molecule is O=C(O)CCC(=NNC(=O)c1cc2ccccc2cc1O)C(=O)O. The molecule has 0 aliphatic heterocycles. The minimum absolute atomic E-state index is 0.0691. The molecule has 0 radical (unpaired) electrons. The molecule has 8 nitrogen and oxygen atoms in total. The zero-order chi connectivity index (χ0) is 17.7. The van der Waals surface area contributed by atoms with Gasteiger partial charge in [0, 0.05) is 6.42 Å². The van der Waals surface area contributed by atoms with Crippen molar-refractivity contribution < 1.29 is 29.7 Å². The number of hydrogen-bond acceptors (Lipinski definition) is 5. The molecule has 0 fully saturated rings. The molecule has 2 rings (SSSR count). The van der Waals surface area contributed by atoms with Gasteiger partial charge >= 0.3 is 11.9 Å². The van der Waals surface area contributed by atoms with Crippen LogP contribution < -0.4 is 5.43 Å². The molecular weight excluding hydrogens is 316 g/mol. The summed E-state index contributed by atoms with van der Waals surface area (Å²) in [7, 11) is 0. The maximum atomic E-state index is 12.1. The van der Waals surface area contributed by atoms with Crippen molar-refractivity contribution in [2.45, 2.75) is 12.8 Å². The number of aromatic hydroxyl groups is 1. The Hall–Kier alpha value is -3.42. The van der Waals surface area contributed by atoms with Crippen molar-refractivity contribution in [1.29, 1.82) is 0 Å². The van der Waals surface area contributed by atoms with Crippen LogP contribution in [0.15, 0.2) is 41.5 Å². The molecule has 2 aromatic rings. The van der Waals surface area contributed by atoms with E-state index in [0.717, 1.165) is 5.39 Å². The number of carboxylic acids is 2. The molecule has 0 spiro atoms. The Kier molecular flexibility index (Phi) is 5.10. The van der Waals surface area contributed by atoms with E-state index in [2.05, 4.69) is 5.10 Å². The van der Waals surface area contributed by atoms with Gasteiger partial charge in [-0.2, -0.15) is 5.10 Å². The number of rotatable bonds is 6. The van der Waals surface area contributed by atoms with E-state index in [1.807, 2.05) is 5.43 Å². The molecule has 8 heteroatoms. The highest BCUT2D eigenvalue weighted by atomic mass is 16.4. The average Bonchev–Trinajstić information content (AvgIpc) is 2.53. The molecule has 0 atom stereocenters. The fourth-order valence-electron chi connectivity index (χ4n) is 2.02. The van der Waals surface area contributed by atoms with Gasteiger partial charge in [-0.05, 0) is 22.9 Å². The van der Waals surface area contributed by atoms with Gasteiger partial charge in [0.1, 0.15) is 11.5 Å². The summed E-state index contributed by atoms with van der Waals surface area (Å²) in [6.07, 6.45) is -0.767. The predicted octanol–water partition coefficient (Wildman–Crippen LogP) is 1.58. The van der Waals surface area contributed by atoms with Gasteiger partial charge < -0.3 is 15.3 Å². The van der Waals surface area contributed by atoms with Crippen LogP contribution in [0, 0.1) is 0 Å². The number of fused-ring (bicyclic) bond motifs is 1. The third-order valence-electron chi connectivity index (χ3n) is 3.22. The summed E-state index contributed by atoms with van der Waals surface area (Å²) in [4.78, 5) is 33.6. The van der Waals surface area contributed by atoms with E-state index in [0.29, 0.717) is 5.39 Å². The molecule has 0 bridgehead atoms. The van der Waals surface area contributed by atoms with Gasteiger partial charge in [0.2, 0.25) is 0 Å². The Morgan fingerprint density at radius 3 is 2.21 bits per heavy atom. The normalized spacial score (nSPS) is 11.2. The number of carbonyl (C=O) groups excluding carboxylic acids is 1. The number of carboxylic acid groups (broad SMARTS) is 2. The summed E-state index contributed by atoms with van der Waals surface area (Å²) < 4.78 is 0. The van der Waals surface area contributed by atoms with E-state index in [1.165, 1.54) is 12.1 Å². The van der Waals surface area contributed by atoms with Gasteiger partial charge in [-0.3, -0.25) is 9.59 Å². The zero-order valence-electron chi connectivity index (χ0n) is 12.4. The van der Waals surface area contributed by atoms with Crippen molar-refractivity contribution in [2.75, 3.05) is 0 Å². The molecule has 0 aliphatic carbocycles. The molecule has 124 valence electrons. The van der Waals surface area contributed by atoms with Crippen LogP contribution in [0.2, 0.25) is 0 Å². The van der Waals surface area contributed by atoms with Gasteiger partial charge in [0.15, 0.2) is 0 Å². The molecule has 4 N–H and O–H groups in total. The second kappa shape index (κ2) is 7.23. The number of benzene rings is 2. The molecular formula is C16H14N2O6. The van der Waals surface area contributed by atoms with Crippen LogP contribution in [-0.4, -0.2) is 38.9 Å². The molecule has 0 aromatic heterocycles. The van der Waals surface area contributed by atoms with Crippen LogP contribution >= 0.6 is 0 Å². The first kappa shape index (κ1) is 16.9. The zero-order valence-corrected chi connectivity index (χ0v) is 12.4. The largest absolute Gasteiger partial charge is 0.507 e. The highest BCUT2D eigenvalue weighted by Gasteiger charge is 2.15. The first-order valence-electron chi connectivity index (χ1n) is 6.92. The minimum Gasteiger partial charge on any atom is -0.507 e. The summed E-state index contributed by atoms with van der Waals surface area (Å²) in [5.74, 6) is -3.68. The van der Waals surface area contributed by atoms with Crippen molar-refractivity contribution >= 4 is 34.3 Å². The van der Waals surface area contributed by atoms with Crippen molar-refractivity contribution in [2.24, 2.45) is 5.10 Å². The van der Waals surface area contributed by atoms with E-state index in [9.17, 15) is 19.5 Å². The summed E-state index contributed by atoms with van der Waals surface area (Å²) in [6, 6.07) is 9.94. The van der Waals surface area contributed by atoms with Gasteiger partial charge in [-0.15, -0.1) is 0 Å². The lowest BCUT2D eigenvalue weighted by atomic mass is 10.1. The smallest absolute Gasteiger partial charge is 0.352 e. The van der Waals surface area contributed by atoms with Crippen molar-refractivity contribution in [1.82, 2.24) is 5.43 Å². The van der Waals surface area contributed by atoms with Crippen LogP contribution in [0.3, 0.4) is 0 Å². The van der Waals surface area contributed by atoms with E-state index in [4.69, 9.17) is 10.2 Å². The molecule has 0 unspecified atom stereocenters. The average molecular weight is 330 g/mol. The highest BCUT2D eigenvalue weighted by Crippen LogP contribution is 2.24. The minimum atomic E-state index is -1.43. The number of nitrogens with one attached hydrogen (secondary N) is 1. The molecule has 2 aromatic carbocycles. The number of nitrogens with zero attached hydrogens (tertiary/aromatic N) is 1. The lowest BCUT2D eigenvalue weighted by Gasteiger charge is -2.06. The predicted molar refractivity (Wildman–Crippen MR) is 85.0 cm³/mol. The Morgan fingerprint density at radius 2 is 1.62 bits per heavy atom. The molecule has 0 saturated heterocycles. The standard InChI is InChI=1S/C16H14N2O6/c19-13-8-10-4-2-1-3-9(10)7-11(13)15(22)18-17-12(16(23)24)5-6-14(20)21/h1-4,7-8,19H,5-6H2,(H,18,22)(H,20,21)(H,23,24). The second-order valence-electron chi connectivity index (χ2n) is 4.91. The molecule has 0 aliphatic rings. The molecule has 0 saturated carbocycles. The van der Waals surface area contributed by atoms with Crippen LogP contribution in [0.4, 0.5) is 0 Å². The number of phenolic OH excluding ortho intramolecular Hbond substituents is 1. The third-order valence-corrected chi connectivity index (χ3v) is 3.22. The van der Waals surface area contributed by atoms with E-state index < -0.39 is 30.0 Å². The second-order valence-corrected chi connectivity index (χ2v) is 4.91. The Labute approximate surface area is 136 Å². The number of hydrogen-bond donors (Lipinski definition) is 4. The summed E-state index contributed by atoms with van der Waals surface area (Å²) in [6.45, 7) is 0. The quantitative estimate of drug-likeness (QED) is 0.469. The molecule has 1 amide bonds. The van der Waals surface area contributed by atoms with Gasteiger partial charge in [0.05, 0.1) is 12.0 Å². The summed E-state index contributed by atoms with van der Waals surface area (Å²) in [5.41, 5.74) is 1.46. The van der Waals surface area contributed by atoms with E-state index in [-0.39, 0.29) is 17.7 Å². The molecule has 0 heterocycles. The van der Waals surface area contributed by atoms with Crippen LogP contribution in [-0.2, 0) is 9.59 Å². The number of phenols is 1. The Bertz CT molecular complexity index is 844. The van der Waals surface area contributed by atoms with E-state index >= 15 is 0 Å². The number of amides is 1. The van der Waals surface area contributed by atoms with Gasteiger partial charge in [-0.1, -0.05) is 24.3 Å². The van der Waals surface area contributed by atoms with Crippen LogP contribution in [0.25, 0.3) is 10.8 Å². The van der Waals surface area contributed by atoms with Gasteiger partial charge in [0.25, 0.3) is 5.91 Å². The van der Waals surface area contributed by atoms with Crippen LogP contribution in [0.5, 0.6) is 5.75 Å².